The van der Waals surface area contributed by atoms with Crippen molar-refractivity contribution in [1.29, 1.82) is 0 Å². The molecule has 1 heterocycles. The summed E-state index contributed by atoms with van der Waals surface area (Å²) in [6, 6.07) is 102. The lowest BCUT2D eigenvalue weighted by molar-refractivity contribution is 1.18. The van der Waals surface area contributed by atoms with Gasteiger partial charge in [0.05, 0.1) is 22.4 Å². The number of benzene rings is 12. The number of anilines is 3. The van der Waals surface area contributed by atoms with E-state index in [2.05, 4.69) is 289 Å². The fourth-order valence-corrected chi connectivity index (χ4v) is 10.5. The number of fused-ring (bicyclic) bond motifs is 5. The normalized spacial score (nSPS) is 11.4. The molecule has 0 aliphatic rings. The van der Waals surface area contributed by atoms with Gasteiger partial charge in [0, 0.05) is 33.1 Å². The molecule has 0 aliphatic heterocycles. The molecule has 70 heavy (non-hydrogen) atoms. The van der Waals surface area contributed by atoms with Gasteiger partial charge in [0.25, 0.3) is 0 Å². The third-order valence-electron chi connectivity index (χ3n) is 14.0. The van der Waals surface area contributed by atoms with Crippen molar-refractivity contribution in [2.24, 2.45) is 0 Å². The van der Waals surface area contributed by atoms with E-state index in [0.717, 1.165) is 50.5 Å². The van der Waals surface area contributed by atoms with Crippen molar-refractivity contribution in [1.82, 2.24) is 4.57 Å². The standard InChI is InChI=1S/C68H46N2/c1-3-16-47(17-4-1)50-30-34-52(35-31-50)57-42-58(53-36-32-51(33-37-53)48-18-5-2-6-19-48)45-60(44-57)70-67-28-14-12-26-63(67)64-46-56(39-41-68(64)70)62-25-11-13-27-65(62)69(59-40-38-49-20-7-8-22-55(49)43-59)66-29-15-23-54-21-9-10-24-61(54)66/h1-46H. The first kappa shape index (κ1) is 41.0. The van der Waals surface area contributed by atoms with Crippen LogP contribution in [0, 0.1) is 0 Å². The molecule has 0 radical (unpaired) electrons. The monoisotopic (exact) mass is 890 g/mol. The molecule has 2 nitrogen and oxygen atoms in total. The fourth-order valence-electron chi connectivity index (χ4n) is 10.5. The molecular weight excluding hydrogens is 845 g/mol. The molecule has 0 spiro atoms. The van der Waals surface area contributed by atoms with Gasteiger partial charge in [-0.15, -0.1) is 0 Å². The minimum atomic E-state index is 1.11. The van der Waals surface area contributed by atoms with Crippen LogP contribution in [0.15, 0.2) is 279 Å². The van der Waals surface area contributed by atoms with Crippen LogP contribution in [0.1, 0.15) is 0 Å². The number of hydrogen-bond acceptors (Lipinski definition) is 1. The van der Waals surface area contributed by atoms with Gasteiger partial charge in [-0.2, -0.15) is 0 Å². The van der Waals surface area contributed by atoms with Crippen LogP contribution in [0.3, 0.4) is 0 Å². The maximum Gasteiger partial charge on any atom is 0.0541 e. The maximum atomic E-state index is 2.46. The summed E-state index contributed by atoms with van der Waals surface area (Å²) in [6.07, 6.45) is 0. The molecular formula is C68H46N2. The van der Waals surface area contributed by atoms with Crippen LogP contribution in [0.2, 0.25) is 0 Å². The highest BCUT2D eigenvalue weighted by Crippen LogP contribution is 2.46. The van der Waals surface area contributed by atoms with Gasteiger partial charge in [-0.25, -0.2) is 0 Å². The van der Waals surface area contributed by atoms with Crippen molar-refractivity contribution in [3.05, 3.63) is 279 Å². The highest BCUT2D eigenvalue weighted by atomic mass is 15.1. The van der Waals surface area contributed by atoms with Gasteiger partial charge in [-0.1, -0.05) is 218 Å². The van der Waals surface area contributed by atoms with Crippen molar-refractivity contribution in [3.63, 3.8) is 0 Å². The third-order valence-corrected chi connectivity index (χ3v) is 14.0. The van der Waals surface area contributed by atoms with E-state index in [4.69, 9.17) is 0 Å². The van der Waals surface area contributed by atoms with E-state index in [-0.39, 0.29) is 0 Å². The van der Waals surface area contributed by atoms with Crippen LogP contribution in [0.25, 0.3) is 105 Å². The first-order chi connectivity index (χ1) is 34.7. The third kappa shape index (κ3) is 7.40. The van der Waals surface area contributed by atoms with Crippen LogP contribution in [0.5, 0.6) is 0 Å². The van der Waals surface area contributed by atoms with E-state index in [1.54, 1.807) is 0 Å². The van der Waals surface area contributed by atoms with E-state index >= 15 is 0 Å². The Morgan fingerprint density at radius 3 is 1.41 bits per heavy atom. The quantitative estimate of drug-likeness (QED) is 0.140. The summed E-state index contributed by atoms with van der Waals surface area (Å²) in [7, 11) is 0. The van der Waals surface area contributed by atoms with Crippen molar-refractivity contribution in [2.45, 2.75) is 0 Å². The molecule has 13 aromatic rings. The Hall–Kier alpha value is -9.24. The molecule has 13 rings (SSSR count). The highest BCUT2D eigenvalue weighted by Gasteiger charge is 2.21. The molecule has 0 atom stereocenters. The number of para-hydroxylation sites is 2. The van der Waals surface area contributed by atoms with E-state index in [1.807, 2.05) is 0 Å². The smallest absolute Gasteiger partial charge is 0.0541 e. The van der Waals surface area contributed by atoms with Crippen molar-refractivity contribution >= 4 is 60.4 Å². The molecule has 328 valence electrons. The Bertz CT molecular complexity index is 3930. The largest absolute Gasteiger partial charge is 0.309 e. The topological polar surface area (TPSA) is 8.17 Å². The second kappa shape index (κ2) is 17.4. The summed E-state index contributed by atoms with van der Waals surface area (Å²) in [5.41, 5.74) is 18.6. The molecule has 0 aliphatic carbocycles. The Kier molecular flexibility index (Phi) is 10.2. The Morgan fingerprint density at radius 2 is 0.729 bits per heavy atom. The molecule has 0 unspecified atom stereocenters. The zero-order valence-corrected chi connectivity index (χ0v) is 38.5. The zero-order valence-electron chi connectivity index (χ0n) is 38.5. The Morgan fingerprint density at radius 1 is 0.243 bits per heavy atom. The summed E-state index contributed by atoms with van der Waals surface area (Å²) in [4.78, 5) is 2.45. The second-order valence-electron chi connectivity index (χ2n) is 18.1. The van der Waals surface area contributed by atoms with Crippen molar-refractivity contribution < 1.29 is 0 Å². The van der Waals surface area contributed by atoms with Crippen molar-refractivity contribution in [2.75, 3.05) is 4.90 Å². The Balaban J connectivity index is 0.978. The van der Waals surface area contributed by atoms with E-state index in [9.17, 15) is 0 Å². The molecule has 0 saturated carbocycles. The highest BCUT2D eigenvalue weighted by molar-refractivity contribution is 6.11. The van der Waals surface area contributed by atoms with E-state index < -0.39 is 0 Å². The van der Waals surface area contributed by atoms with Crippen molar-refractivity contribution in [3.8, 4) is 61.3 Å². The van der Waals surface area contributed by atoms with Gasteiger partial charge < -0.3 is 9.47 Å². The predicted molar refractivity (Wildman–Crippen MR) is 298 cm³/mol. The number of rotatable bonds is 9. The fraction of sp³-hybridized carbons (Fsp3) is 0. The van der Waals surface area contributed by atoms with E-state index in [1.165, 1.54) is 71.2 Å². The summed E-state index contributed by atoms with van der Waals surface area (Å²) in [5.74, 6) is 0. The molecule has 0 bridgehead atoms. The van der Waals surface area contributed by atoms with Crippen LogP contribution in [0.4, 0.5) is 17.1 Å². The lowest BCUT2D eigenvalue weighted by Gasteiger charge is -2.29. The molecule has 0 amide bonds. The first-order valence-corrected chi connectivity index (χ1v) is 24.1. The second-order valence-corrected chi connectivity index (χ2v) is 18.1. The van der Waals surface area contributed by atoms with E-state index in [0.29, 0.717) is 0 Å². The van der Waals surface area contributed by atoms with Gasteiger partial charge >= 0.3 is 0 Å². The van der Waals surface area contributed by atoms with Crippen LogP contribution in [-0.2, 0) is 0 Å². The minimum absolute atomic E-state index is 1.11. The van der Waals surface area contributed by atoms with Gasteiger partial charge in [-0.3, -0.25) is 0 Å². The molecule has 0 fully saturated rings. The van der Waals surface area contributed by atoms with Crippen LogP contribution < -0.4 is 4.90 Å². The molecule has 0 N–H and O–H groups in total. The average molecular weight is 891 g/mol. The first-order valence-electron chi connectivity index (χ1n) is 24.1. The summed E-state index contributed by atoms with van der Waals surface area (Å²) >= 11 is 0. The van der Waals surface area contributed by atoms with Crippen LogP contribution >= 0.6 is 0 Å². The number of hydrogen-bond donors (Lipinski definition) is 0. The lowest BCUT2D eigenvalue weighted by atomic mass is 9.95. The summed E-state index contributed by atoms with van der Waals surface area (Å²) < 4.78 is 2.46. The number of aromatic nitrogens is 1. The maximum absolute atomic E-state index is 2.46. The average Bonchev–Trinajstić information content (AvgIpc) is 3.77. The lowest BCUT2D eigenvalue weighted by Crippen LogP contribution is -2.11. The molecule has 1 aromatic heterocycles. The zero-order chi connectivity index (χ0) is 46.4. The molecule has 2 heteroatoms. The SMILES string of the molecule is c1ccc(-c2ccc(-c3cc(-c4ccc(-c5ccccc5)cc4)cc(-n4c5ccccc5c5cc(-c6ccccc6N(c6ccc7ccccc7c6)c6cccc7ccccc67)ccc54)c3)cc2)cc1. The van der Waals surface area contributed by atoms with Gasteiger partial charge in [0.2, 0.25) is 0 Å². The minimum Gasteiger partial charge on any atom is -0.309 e. The Labute approximate surface area is 408 Å². The molecule has 12 aromatic carbocycles. The molecule has 0 saturated heterocycles. The van der Waals surface area contributed by atoms with Crippen LogP contribution in [-0.4, -0.2) is 4.57 Å². The van der Waals surface area contributed by atoms with Gasteiger partial charge in [0.1, 0.15) is 0 Å². The summed E-state index contributed by atoms with van der Waals surface area (Å²) in [5, 5.41) is 7.25. The van der Waals surface area contributed by atoms with Gasteiger partial charge in [-0.05, 0) is 127 Å². The van der Waals surface area contributed by atoms with Gasteiger partial charge in [0.15, 0.2) is 0 Å². The predicted octanol–water partition coefficient (Wildman–Crippen LogP) is 18.9. The summed E-state index contributed by atoms with van der Waals surface area (Å²) in [6.45, 7) is 0. The number of nitrogens with zero attached hydrogens (tertiary/aromatic N) is 2.